The number of benzene rings is 2. The fraction of sp³-hybridized carbons (Fsp3) is 0.0769. The van der Waals surface area contributed by atoms with E-state index < -0.39 is 0 Å². The summed E-state index contributed by atoms with van der Waals surface area (Å²) in [5.41, 5.74) is 0.663. The lowest BCUT2D eigenvalue weighted by molar-refractivity contribution is 0.276. The van der Waals surface area contributed by atoms with Crippen LogP contribution in [0.3, 0.4) is 0 Å². The molecule has 0 heterocycles. The van der Waals surface area contributed by atoms with Crippen LogP contribution >= 0.6 is 15.9 Å². The first-order chi connectivity index (χ1) is 8.20. The van der Waals surface area contributed by atoms with Crippen LogP contribution in [0.4, 0.5) is 4.39 Å². The molecule has 0 aromatic heterocycles. The van der Waals surface area contributed by atoms with E-state index in [4.69, 9.17) is 9.84 Å². The van der Waals surface area contributed by atoms with Crippen LogP contribution in [0.25, 0.3) is 0 Å². The SMILES string of the molecule is OCc1ccccc1Oc1ccc(Br)c(F)c1. The molecule has 0 atom stereocenters. The Hall–Kier alpha value is -1.39. The largest absolute Gasteiger partial charge is 0.457 e. The van der Waals surface area contributed by atoms with Crippen LogP contribution in [0.1, 0.15) is 5.56 Å². The van der Waals surface area contributed by atoms with Crippen molar-refractivity contribution >= 4 is 15.9 Å². The fourth-order valence-corrected chi connectivity index (χ4v) is 1.65. The molecule has 1 N–H and O–H groups in total. The number of hydrogen-bond acceptors (Lipinski definition) is 2. The maximum atomic E-state index is 13.3. The predicted octanol–water partition coefficient (Wildman–Crippen LogP) is 3.87. The van der Waals surface area contributed by atoms with E-state index >= 15 is 0 Å². The van der Waals surface area contributed by atoms with Crippen LogP contribution in [-0.2, 0) is 6.61 Å². The second-order valence-corrected chi connectivity index (χ2v) is 4.30. The van der Waals surface area contributed by atoms with Crippen molar-refractivity contribution in [3.05, 3.63) is 58.3 Å². The lowest BCUT2D eigenvalue weighted by atomic mass is 10.2. The van der Waals surface area contributed by atoms with Gasteiger partial charge in [0, 0.05) is 11.6 Å². The summed E-state index contributed by atoms with van der Waals surface area (Å²) in [4.78, 5) is 0. The van der Waals surface area contributed by atoms with Crippen molar-refractivity contribution < 1.29 is 14.2 Å². The summed E-state index contributed by atoms with van der Waals surface area (Å²) in [6, 6.07) is 11.6. The first kappa shape index (κ1) is 12.1. The number of aliphatic hydroxyl groups excluding tert-OH is 1. The molecule has 0 unspecified atom stereocenters. The summed E-state index contributed by atoms with van der Waals surface area (Å²) in [7, 11) is 0. The van der Waals surface area contributed by atoms with Gasteiger partial charge in [-0.15, -0.1) is 0 Å². The molecule has 0 bridgehead atoms. The van der Waals surface area contributed by atoms with Gasteiger partial charge in [-0.05, 0) is 34.1 Å². The Balaban J connectivity index is 2.28. The van der Waals surface area contributed by atoms with E-state index in [0.717, 1.165) is 0 Å². The number of ether oxygens (including phenoxy) is 1. The fourth-order valence-electron chi connectivity index (χ4n) is 1.40. The van der Waals surface area contributed by atoms with Crippen LogP contribution < -0.4 is 4.74 Å². The van der Waals surface area contributed by atoms with Gasteiger partial charge in [-0.25, -0.2) is 4.39 Å². The standard InChI is InChI=1S/C13H10BrFO2/c14-11-6-5-10(7-12(11)15)17-13-4-2-1-3-9(13)8-16/h1-7,16H,8H2. The summed E-state index contributed by atoms with van der Waals surface area (Å²) >= 11 is 3.07. The van der Waals surface area contributed by atoms with E-state index in [1.165, 1.54) is 6.07 Å². The topological polar surface area (TPSA) is 29.5 Å². The summed E-state index contributed by atoms with van der Waals surface area (Å²) < 4.78 is 19.2. The highest BCUT2D eigenvalue weighted by molar-refractivity contribution is 9.10. The molecule has 2 aromatic carbocycles. The van der Waals surface area contributed by atoms with E-state index in [9.17, 15) is 4.39 Å². The zero-order chi connectivity index (χ0) is 12.3. The Labute approximate surface area is 107 Å². The molecule has 0 fully saturated rings. The number of rotatable bonds is 3. The third kappa shape index (κ3) is 2.84. The lowest BCUT2D eigenvalue weighted by Gasteiger charge is -2.09. The van der Waals surface area contributed by atoms with Gasteiger partial charge in [0.05, 0.1) is 11.1 Å². The van der Waals surface area contributed by atoms with Crippen molar-refractivity contribution in [3.63, 3.8) is 0 Å². The zero-order valence-corrected chi connectivity index (χ0v) is 10.4. The van der Waals surface area contributed by atoms with Crippen LogP contribution in [0.15, 0.2) is 46.9 Å². The molecule has 4 heteroatoms. The van der Waals surface area contributed by atoms with E-state index in [0.29, 0.717) is 21.5 Å². The molecule has 0 aliphatic carbocycles. The van der Waals surface area contributed by atoms with Gasteiger partial charge in [0.2, 0.25) is 0 Å². The van der Waals surface area contributed by atoms with Gasteiger partial charge >= 0.3 is 0 Å². The van der Waals surface area contributed by atoms with Crippen LogP contribution in [0, 0.1) is 5.82 Å². The summed E-state index contributed by atoms with van der Waals surface area (Å²) in [6.07, 6.45) is 0. The molecule has 88 valence electrons. The molecule has 2 aromatic rings. The monoisotopic (exact) mass is 296 g/mol. The Morgan fingerprint density at radius 2 is 1.94 bits per heavy atom. The van der Waals surface area contributed by atoms with Crippen molar-refractivity contribution in [1.82, 2.24) is 0 Å². The summed E-state index contributed by atoms with van der Waals surface area (Å²) in [5, 5.41) is 9.13. The van der Waals surface area contributed by atoms with Gasteiger partial charge in [-0.3, -0.25) is 0 Å². The Morgan fingerprint density at radius 3 is 2.65 bits per heavy atom. The molecule has 2 nitrogen and oxygen atoms in total. The average molecular weight is 297 g/mol. The van der Waals surface area contributed by atoms with E-state index in [1.54, 1.807) is 36.4 Å². The van der Waals surface area contributed by atoms with Gasteiger partial charge < -0.3 is 9.84 Å². The molecular formula is C13H10BrFO2. The maximum absolute atomic E-state index is 13.3. The molecule has 2 rings (SSSR count). The van der Waals surface area contributed by atoms with Crippen molar-refractivity contribution in [2.45, 2.75) is 6.61 Å². The maximum Gasteiger partial charge on any atom is 0.141 e. The molecule has 0 aliphatic heterocycles. The molecule has 0 amide bonds. The number of halogens is 2. The third-order valence-electron chi connectivity index (χ3n) is 2.26. The second kappa shape index (κ2) is 5.29. The van der Waals surface area contributed by atoms with Gasteiger partial charge in [-0.2, -0.15) is 0 Å². The van der Waals surface area contributed by atoms with Crippen molar-refractivity contribution in [2.24, 2.45) is 0 Å². The molecule has 0 saturated carbocycles. The Bertz CT molecular complexity index is 529. The van der Waals surface area contributed by atoms with Crippen molar-refractivity contribution in [2.75, 3.05) is 0 Å². The predicted molar refractivity (Wildman–Crippen MR) is 66.5 cm³/mol. The number of para-hydroxylation sites is 1. The highest BCUT2D eigenvalue weighted by Gasteiger charge is 2.05. The second-order valence-electron chi connectivity index (χ2n) is 3.44. The molecule has 0 spiro atoms. The normalized spacial score (nSPS) is 10.3. The minimum Gasteiger partial charge on any atom is -0.457 e. The molecule has 0 saturated heterocycles. The first-order valence-electron chi connectivity index (χ1n) is 5.02. The van der Waals surface area contributed by atoms with E-state index in [1.807, 2.05) is 0 Å². The van der Waals surface area contributed by atoms with Crippen LogP contribution in [0.5, 0.6) is 11.5 Å². The Morgan fingerprint density at radius 1 is 1.18 bits per heavy atom. The van der Waals surface area contributed by atoms with Crippen LogP contribution in [0.2, 0.25) is 0 Å². The van der Waals surface area contributed by atoms with Gasteiger partial charge in [0.15, 0.2) is 0 Å². The number of aliphatic hydroxyl groups is 1. The molecule has 0 aliphatic rings. The van der Waals surface area contributed by atoms with Gasteiger partial charge in [0.1, 0.15) is 17.3 Å². The zero-order valence-electron chi connectivity index (χ0n) is 8.86. The average Bonchev–Trinajstić information content (AvgIpc) is 2.34. The van der Waals surface area contributed by atoms with Gasteiger partial charge in [0.25, 0.3) is 0 Å². The molecule has 0 radical (unpaired) electrons. The number of hydrogen-bond donors (Lipinski definition) is 1. The van der Waals surface area contributed by atoms with Crippen molar-refractivity contribution in [1.29, 1.82) is 0 Å². The molecule has 17 heavy (non-hydrogen) atoms. The van der Waals surface area contributed by atoms with E-state index in [-0.39, 0.29) is 12.4 Å². The summed E-state index contributed by atoms with van der Waals surface area (Å²) in [5.74, 6) is 0.535. The highest BCUT2D eigenvalue weighted by atomic mass is 79.9. The lowest BCUT2D eigenvalue weighted by Crippen LogP contribution is -1.91. The van der Waals surface area contributed by atoms with E-state index in [2.05, 4.69) is 15.9 Å². The third-order valence-corrected chi connectivity index (χ3v) is 2.90. The Kier molecular flexibility index (Phi) is 3.76. The van der Waals surface area contributed by atoms with Gasteiger partial charge in [-0.1, -0.05) is 18.2 Å². The quantitative estimate of drug-likeness (QED) is 0.931. The first-order valence-corrected chi connectivity index (χ1v) is 5.81. The minimum atomic E-state index is -0.385. The van der Waals surface area contributed by atoms with Crippen LogP contribution in [-0.4, -0.2) is 5.11 Å². The minimum absolute atomic E-state index is 0.116. The highest BCUT2D eigenvalue weighted by Crippen LogP contribution is 2.27. The molecular weight excluding hydrogens is 287 g/mol. The van der Waals surface area contributed by atoms with Crippen molar-refractivity contribution in [3.8, 4) is 11.5 Å². The summed E-state index contributed by atoms with van der Waals surface area (Å²) in [6.45, 7) is -0.116. The smallest absolute Gasteiger partial charge is 0.141 e.